The highest BCUT2D eigenvalue weighted by atomic mass is 32.2. The second kappa shape index (κ2) is 7.14. The number of carbonyl (C=O) groups is 1. The number of likely N-dealkylation sites (N-methyl/N-ethyl adjacent to an activating group) is 1. The molecule has 0 aliphatic heterocycles. The van der Waals surface area contributed by atoms with Gasteiger partial charge in [0.2, 0.25) is 5.91 Å². The van der Waals surface area contributed by atoms with Gasteiger partial charge in [-0.15, -0.1) is 0 Å². The van der Waals surface area contributed by atoms with Crippen molar-refractivity contribution in [3.63, 3.8) is 0 Å². The first-order valence-corrected chi connectivity index (χ1v) is 6.90. The van der Waals surface area contributed by atoms with E-state index in [2.05, 4.69) is 24.1 Å². The van der Waals surface area contributed by atoms with Crippen LogP contribution in [0.15, 0.2) is 0 Å². The van der Waals surface area contributed by atoms with E-state index in [9.17, 15) is 4.79 Å². The third-order valence-electron chi connectivity index (χ3n) is 2.88. The topological polar surface area (TPSA) is 58.4 Å². The van der Waals surface area contributed by atoms with Crippen LogP contribution in [0.1, 0.15) is 20.3 Å². The summed E-state index contributed by atoms with van der Waals surface area (Å²) < 4.78 is 0. The number of carbonyl (C=O) groups excluding carboxylic acids is 1. The number of amides is 1. The smallest absolute Gasteiger partial charge is 0.237 e. The molecule has 0 aliphatic rings. The average molecular weight is 247 g/mol. The quantitative estimate of drug-likeness (QED) is 0.689. The van der Waals surface area contributed by atoms with Gasteiger partial charge in [-0.25, -0.2) is 0 Å². The fraction of sp³-hybridized carbons (Fsp3) is 0.909. The number of nitrogens with zero attached hydrogens (tertiary/aromatic N) is 1. The standard InChI is InChI=1S/C11H25N3OS/c1-11(2,14(3)4)8-13-10(15)9(12)6-7-16-5/h9H,6-8,12H2,1-5H3,(H,13,15)/t9-/m0/s1. The molecule has 16 heavy (non-hydrogen) atoms. The van der Waals surface area contributed by atoms with Crippen molar-refractivity contribution in [2.45, 2.75) is 31.8 Å². The molecule has 0 radical (unpaired) electrons. The van der Waals surface area contributed by atoms with E-state index < -0.39 is 0 Å². The number of thioether (sulfide) groups is 1. The molecule has 4 nitrogen and oxygen atoms in total. The second-order valence-corrected chi connectivity index (χ2v) is 5.80. The molecule has 96 valence electrons. The Morgan fingerprint density at radius 1 is 1.50 bits per heavy atom. The molecule has 0 saturated heterocycles. The van der Waals surface area contributed by atoms with Gasteiger partial charge >= 0.3 is 0 Å². The predicted octanol–water partition coefficient (Wildman–Crippen LogP) is 0.523. The van der Waals surface area contributed by atoms with Crippen LogP contribution in [-0.4, -0.2) is 55.0 Å². The van der Waals surface area contributed by atoms with Gasteiger partial charge in [0.25, 0.3) is 0 Å². The van der Waals surface area contributed by atoms with E-state index in [-0.39, 0.29) is 17.5 Å². The molecule has 0 heterocycles. The van der Waals surface area contributed by atoms with E-state index in [1.807, 2.05) is 20.4 Å². The van der Waals surface area contributed by atoms with Crippen LogP contribution in [0.3, 0.4) is 0 Å². The summed E-state index contributed by atoms with van der Waals surface area (Å²) in [5.74, 6) is 0.870. The maximum absolute atomic E-state index is 11.7. The van der Waals surface area contributed by atoms with Crippen molar-refractivity contribution in [2.24, 2.45) is 5.73 Å². The minimum absolute atomic E-state index is 0.0467. The van der Waals surface area contributed by atoms with Gasteiger partial charge in [-0.05, 0) is 46.4 Å². The Hall–Kier alpha value is -0.260. The third kappa shape index (κ3) is 5.72. The lowest BCUT2D eigenvalue weighted by Crippen LogP contribution is -2.51. The summed E-state index contributed by atoms with van der Waals surface area (Å²) >= 11 is 1.71. The molecule has 0 unspecified atom stereocenters. The van der Waals surface area contributed by atoms with Crippen LogP contribution in [0, 0.1) is 0 Å². The molecule has 1 atom stereocenters. The molecule has 0 spiro atoms. The van der Waals surface area contributed by atoms with E-state index in [0.29, 0.717) is 6.54 Å². The highest BCUT2D eigenvalue weighted by Crippen LogP contribution is 2.08. The first-order chi connectivity index (χ1) is 7.31. The maximum atomic E-state index is 11.7. The van der Waals surface area contributed by atoms with Crippen LogP contribution >= 0.6 is 11.8 Å². The van der Waals surface area contributed by atoms with Crippen molar-refractivity contribution in [3.8, 4) is 0 Å². The van der Waals surface area contributed by atoms with E-state index in [1.54, 1.807) is 11.8 Å². The Morgan fingerprint density at radius 3 is 2.50 bits per heavy atom. The van der Waals surface area contributed by atoms with Crippen molar-refractivity contribution in [1.29, 1.82) is 0 Å². The minimum atomic E-state index is -0.384. The molecule has 0 fully saturated rings. The summed E-state index contributed by atoms with van der Waals surface area (Å²) in [5.41, 5.74) is 5.72. The largest absolute Gasteiger partial charge is 0.353 e. The van der Waals surface area contributed by atoms with Crippen molar-refractivity contribution < 1.29 is 4.79 Å². The summed E-state index contributed by atoms with van der Waals surface area (Å²) in [6.45, 7) is 4.78. The van der Waals surface area contributed by atoms with Crippen LogP contribution in [0.25, 0.3) is 0 Å². The summed E-state index contributed by atoms with van der Waals surface area (Å²) in [6.07, 6.45) is 2.75. The fourth-order valence-electron chi connectivity index (χ4n) is 0.969. The van der Waals surface area contributed by atoms with Gasteiger partial charge in [-0.3, -0.25) is 4.79 Å². The number of hydrogen-bond acceptors (Lipinski definition) is 4. The average Bonchev–Trinajstić information content (AvgIpc) is 2.22. The van der Waals surface area contributed by atoms with Crippen LogP contribution in [0.2, 0.25) is 0 Å². The zero-order valence-electron chi connectivity index (χ0n) is 11.0. The monoisotopic (exact) mass is 247 g/mol. The predicted molar refractivity (Wildman–Crippen MR) is 71.8 cm³/mol. The van der Waals surface area contributed by atoms with Gasteiger partial charge in [0.1, 0.15) is 0 Å². The molecule has 0 aromatic carbocycles. The lowest BCUT2D eigenvalue weighted by atomic mass is 10.0. The summed E-state index contributed by atoms with van der Waals surface area (Å²) in [6, 6.07) is -0.384. The summed E-state index contributed by atoms with van der Waals surface area (Å²) in [7, 11) is 4.00. The molecule has 0 saturated carbocycles. The molecule has 1 amide bonds. The van der Waals surface area contributed by atoms with E-state index >= 15 is 0 Å². The van der Waals surface area contributed by atoms with Gasteiger partial charge in [0.05, 0.1) is 6.04 Å². The molecule has 0 aromatic rings. The molecule has 3 N–H and O–H groups in total. The number of nitrogens with two attached hydrogens (primary N) is 1. The van der Waals surface area contributed by atoms with Gasteiger partial charge in [-0.2, -0.15) is 11.8 Å². The second-order valence-electron chi connectivity index (χ2n) is 4.81. The SMILES string of the molecule is CSCC[C@H](N)C(=O)NCC(C)(C)N(C)C. The van der Waals surface area contributed by atoms with Crippen molar-refractivity contribution >= 4 is 17.7 Å². The lowest BCUT2D eigenvalue weighted by Gasteiger charge is -2.33. The lowest BCUT2D eigenvalue weighted by molar-refractivity contribution is -0.122. The number of hydrogen-bond donors (Lipinski definition) is 2. The Kier molecular flexibility index (Phi) is 7.03. The molecular weight excluding hydrogens is 222 g/mol. The van der Waals surface area contributed by atoms with E-state index in [0.717, 1.165) is 12.2 Å². The van der Waals surface area contributed by atoms with Crippen molar-refractivity contribution in [2.75, 3.05) is 32.6 Å². The zero-order chi connectivity index (χ0) is 12.8. The molecule has 0 bridgehead atoms. The summed E-state index contributed by atoms with van der Waals surface area (Å²) in [4.78, 5) is 13.7. The normalized spacial score (nSPS) is 13.9. The highest BCUT2D eigenvalue weighted by molar-refractivity contribution is 7.98. The van der Waals surface area contributed by atoms with Crippen molar-refractivity contribution in [1.82, 2.24) is 10.2 Å². The van der Waals surface area contributed by atoms with Crippen molar-refractivity contribution in [3.05, 3.63) is 0 Å². The Bertz CT molecular complexity index is 219. The van der Waals surface area contributed by atoms with E-state index in [1.165, 1.54) is 0 Å². The number of nitrogens with one attached hydrogen (secondary N) is 1. The minimum Gasteiger partial charge on any atom is -0.353 e. The number of rotatable bonds is 7. The molecule has 5 heteroatoms. The van der Waals surface area contributed by atoms with Gasteiger partial charge in [0.15, 0.2) is 0 Å². The fourth-order valence-corrected chi connectivity index (χ4v) is 1.46. The van der Waals surface area contributed by atoms with Gasteiger partial charge < -0.3 is 16.0 Å². The maximum Gasteiger partial charge on any atom is 0.237 e. The first-order valence-electron chi connectivity index (χ1n) is 5.51. The molecule has 0 aromatic heterocycles. The Morgan fingerprint density at radius 2 is 2.06 bits per heavy atom. The third-order valence-corrected chi connectivity index (χ3v) is 3.52. The molecular formula is C11H25N3OS. The van der Waals surface area contributed by atoms with E-state index in [4.69, 9.17) is 5.73 Å². The van der Waals surface area contributed by atoms with Crippen LogP contribution in [0.4, 0.5) is 0 Å². The van der Waals surface area contributed by atoms with Gasteiger partial charge in [-0.1, -0.05) is 0 Å². The highest BCUT2D eigenvalue weighted by Gasteiger charge is 2.22. The zero-order valence-corrected chi connectivity index (χ0v) is 11.9. The van der Waals surface area contributed by atoms with Crippen LogP contribution < -0.4 is 11.1 Å². The Balaban J connectivity index is 3.97. The Labute approximate surface area is 103 Å². The first kappa shape index (κ1) is 15.7. The van der Waals surface area contributed by atoms with Crippen LogP contribution in [0.5, 0.6) is 0 Å². The van der Waals surface area contributed by atoms with Crippen LogP contribution in [-0.2, 0) is 4.79 Å². The van der Waals surface area contributed by atoms with Gasteiger partial charge in [0, 0.05) is 12.1 Å². The molecule has 0 rings (SSSR count). The molecule has 0 aliphatic carbocycles. The summed E-state index contributed by atoms with van der Waals surface area (Å²) in [5, 5.41) is 2.90.